The largest absolute Gasteiger partial charge is 0.369 e. The summed E-state index contributed by atoms with van der Waals surface area (Å²) in [7, 11) is -3.40. The zero-order valence-electron chi connectivity index (χ0n) is 13.4. The Morgan fingerprint density at radius 1 is 0.875 bits per heavy atom. The molecule has 2 aromatic carbocycles. The summed E-state index contributed by atoms with van der Waals surface area (Å²) in [6.07, 6.45) is 0.899. The van der Waals surface area contributed by atoms with E-state index in [1.165, 1.54) is 0 Å². The van der Waals surface area contributed by atoms with Crippen LogP contribution in [0, 0.1) is 0 Å². The number of sulfonamides is 1. The molecule has 2 aromatic rings. The third-order valence-electron chi connectivity index (χ3n) is 4.30. The second kappa shape index (κ2) is 7.68. The molecule has 4 nitrogen and oxygen atoms in total. The van der Waals surface area contributed by atoms with E-state index in [1.807, 2.05) is 30.3 Å². The van der Waals surface area contributed by atoms with Gasteiger partial charge in [-0.3, -0.25) is 0 Å². The first-order valence-corrected chi connectivity index (χ1v) is 10.6. The minimum atomic E-state index is -3.40. The van der Waals surface area contributed by atoms with E-state index in [1.54, 1.807) is 16.4 Å². The molecule has 0 saturated carbocycles. The van der Waals surface area contributed by atoms with Gasteiger partial charge in [-0.25, -0.2) is 8.42 Å². The van der Waals surface area contributed by atoms with Gasteiger partial charge in [-0.05, 0) is 36.2 Å². The fourth-order valence-electron chi connectivity index (χ4n) is 2.91. The molecule has 1 heterocycles. The first-order valence-electron chi connectivity index (χ1n) is 8.06. The molecule has 1 aliphatic rings. The van der Waals surface area contributed by atoms with Gasteiger partial charge >= 0.3 is 0 Å². The smallest absolute Gasteiger partial charge is 0.243 e. The maximum absolute atomic E-state index is 12.8. The van der Waals surface area contributed by atoms with Crippen molar-refractivity contribution in [1.82, 2.24) is 4.31 Å². The maximum Gasteiger partial charge on any atom is 0.243 e. The lowest BCUT2D eigenvalue weighted by atomic mass is 10.2. The first kappa shape index (κ1) is 17.5. The molecule has 1 fully saturated rings. The minimum Gasteiger partial charge on any atom is -0.369 e. The highest BCUT2D eigenvalue weighted by Gasteiger charge is 2.28. The van der Waals surface area contributed by atoms with Gasteiger partial charge in [0.2, 0.25) is 10.0 Å². The van der Waals surface area contributed by atoms with Gasteiger partial charge in [0, 0.05) is 37.2 Å². The van der Waals surface area contributed by atoms with Gasteiger partial charge in [0.15, 0.2) is 0 Å². The quantitative estimate of drug-likeness (QED) is 0.713. The van der Waals surface area contributed by atoms with Crippen LogP contribution >= 0.6 is 15.9 Å². The van der Waals surface area contributed by atoms with Crippen LogP contribution in [0.1, 0.15) is 5.56 Å². The Balaban J connectivity index is 1.68. The second-order valence-electron chi connectivity index (χ2n) is 5.81. The highest BCUT2D eigenvalue weighted by atomic mass is 79.9. The summed E-state index contributed by atoms with van der Waals surface area (Å²) in [4.78, 5) is 2.61. The summed E-state index contributed by atoms with van der Waals surface area (Å²) in [6, 6.07) is 17.4. The van der Waals surface area contributed by atoms with Crippen molar-refractivity contribution in [3.63, 3.8) is 0 Å². The van der Waals surface area contributed by atoms with Crippen molar-refractivity contribution >= 4 is 31.6 Å². The number of aryl methyl sites for hydroxylation is 1. The molecule has 0 radical (unpaired) electrons. The van der Waals surface area contributed by atoms with E-state index in [-0.39, 0.29) is 0 Å². The second-order valence-corrected chi connectivity index (χ2v) is 8.54. The van der Waals surface area contributed by atoms with Crippen LogP contribution in [0.5, 0.6) is 0 Å². The number of hydrogen-bond acceptors (Lipinski definition) is 3. The Kier molecular flexibility index (Phi) is 5.58. The lowest BCUT2D eigenvalue weighted by Gasteiger charge is -2.35. The summed E-state index contributed by atoms with van der Waals surface area (Å²) >= 11 is 3.40. The predicted molar refractivity (Wildman–Crippen MR) is 101 cm³/mol. The molecule has 0 aromatic heterocycles. The van der Waals surface area contributed by atoms with Gasteiger partial charge in [0.25, 0.3) is 0 Å². The lowest BCUT2D eigenvalue weighted by molar-refractivity contribution is 0.385. The van der Waals surface area contributed by atoms with Gasteiger partial charge in [0.1, 0.15) is 0 Å². The topological polar surface area (TPSA) is 40.6 Å². The van der Waals surface area contributed by atoms with Crippen LogP contribution < -0.4 is 4.90 Å². The first-order chi connectivity index (χ1) is 11.6. The third-order valence-corrected chi connectivity index (χ3v) is 6.61. The SMILES string of the molecule is O=S(=O)(c1ccc(CCBr)cc1)N1CCN(c2ccccc2)CC1. The predicted octanol–water partition coefficient (Wildman–Crippen LogP) is 3.13. The Morgan fingerprint density at radius 3 is 2.08 bits per heavy atom. The standard InChI is InChI=1S/C18H21BrN2O2S/c19-11-10-16-6-8-18(9-7-16)24(22,23)21-14-12-20(13-15-21)17-4-2-1-3-5-17/h1-9H,10-15H2. The van der Waals surface area contributed by atoms with E-state index >= 15 is 0 Å². The molecular formula is C18H21BrN2O2S. The Morgan fingerprint density at radius 2 is 1.50 bits per heavy atom. The molecule has 1 saturated heterocycles. The fourth-order valence-corrected chi connectivity index (χ4v) is 4.79. The van der Waals surface area contributed by atoms with E-state index in [2.05, 4.69) is 33.0 Å². The van der Waals surface area contributed by atoms with E-state index in [4.69, 9.17) is 0 Å². The van der Waals surface area contributed by atoms with E-state index in [9.17, 15) is 8.42 Å². The number of benzene rings is 2. The van der Waals surface area contributed by atoms with Crippen molar-refractivity contribution in [2.75, 3.05) is 36.4 Å². The van der Waals surface area contributed by atoms with E-state index in [0.717, 1.165) is 23.0 Å². The van der Waals surface area contributed by atoms with Crippen molar-refractivity contribution in [2.45, 2.75) is 11.3 Å². The summed E-state index contributed by atoms with van der Waals surface area (Å²) in [5.41, 5.74) is 2.29. The van der Waals surface area contributed by atoms with Crippen LogP contribution in [0.3, 0.4) is 0 Å². The van der Waals surface area contributed by atoms with Crippen molar-refractivity contribution in [1.29, 1.82) is 0 Å². The molecule has 0 amide bonds. The minimum absolute atomic E-state index is 0.383. The van der Waals surface area contributed by atoms with Crippen LogP contribution in [-0.4, -0.2) is 44.2 Å². The maximum atomic E-state index is 12.8. The molecule has 0 N–H and O–H groups in total. The van der Waals surface area contributed by atoms with Gasteiger partial charge in [-0.1, -0.05) is 46.3 Å². The zero-order valence-corrected chi connectivity index (χ0v) is 15.8. The van der Waals surface area contributed by atoms with Crippen molar-refractivity contribution < 1.29 is 8.42 Å². The molecule has 128 valence electrons. The Hall–Kier alpha value is -1.37. The molecule has 0 bridgehead atoms. The number of anilines is 1. The van der Waals surface area contributed by atoms with Gasteiger partial charge in [-0.2, -0.15) is 4.31 Å². The van der Waals surface area contributed by atoms with E-state index < -0.39 is 10.0 Å². The fraction of sp³-hybridized carbons (Fsp3) is 0.333. The highest BCUT2D eigenvalue weighted by molar-refractivity contribution is 9.09. The number of alkyl halides is 1. The average Bonchev–Trinajstić information content (AvgIpc) is 2.63. The molecule has 1 aliphatic heterocycles. The molecule has 0 atom stereocenters. The molecule has 0 unspecified atom stereocenters. The van der Waals surface area contributed by atoms with Gasteiger partial charge in [0.05, 0.1) is 4.90 Å². The van der Waals surface area contributed by atoms with Gasteiger partial charge in [-0.15, -0.1) is 0 Å². The molecule has 0 spiro atoms. The summed E-state index contributed by atoms with van der Waals surface area (Å²) in [5, 5.41) is 0.876. The number of para-hydroxylation sites is 1. The lowest BCUT2D eigenvalue weighted by Crippen LogP contribution is -2.48. The molecule has 3 rings (SSSR count). The monoisotopic (exact) mass is 408 g/mol. The van der Waals surface area contributed by atoms with Crippen LogP contribution in [0.4, 0.5) is 5.69 Å². The number of halogens is 1. The van der Waals surface area contributed by atoms with Crippen LogP contribution in [-0.2, 0) is 16.4 Å². The third kappa shape index (κ3) is 3.82. The molecule has 0 aliphatic carbocycles. The summed E-state index contributed by atoms with van der Waals surface area (Å²) in [5.74, 6) is 0. The van der Waals surface area contributed by atoms with Crippen LogP contribution in [0.25, 0.3) is 0 Å². The van der Waals surface area contributed by atoms with E-state index in [0.29, 0.717) is 31.1 Å². The van der Waals surface area contributed by atoms with Gasteiger partial charge < -0.3 is 4.90 Å². The molecule has 24 heavy (non-hydrogen) atoms. The highest BCUT2D eigenvalue weighted by Crippen LogP contribution is 2.21. The molecular weight excluding hydrogens is 388 g/mol. The number of nitrogens with zero attached hydrogens (tertiary/aromatic N) is 2. The summed E-state index contributed by atoms with van der Waals surface area (Å²) in [6.45, 7) is 2.45. The number of hydrogen-bond donors (Lipinski definition) is 0. The average molecular weight is 409 g/mol. The molecule has 6 heteroatoms. The normalized spacial score (nSPS) is 16.3. The van der Waals surface area contributed by atoms with Crippen molar-refractivity contribution in [2.24, 2.45) is 0 Å². The number of piperazine rings is 1. The summed E-state index contributed by atoms with van der Waals surface area (Å²) < 4.78 is 27.2. The van der Waals surface area contributed by atoms with Crippen LogP contribution in [0.2, 0.25) is 0 Å². The number of rotatable bonds is 5. The zero-order chi connectivity index (χ0) is 17.0. The Bertz CT molecular complexity index is 755. The Labute approximate surface area is 152 Å². The van der Waals surface area contributed by atoms with Crippen molar-refractivity contribution in [3.05, 3.63) is 60.2 Å². The van der Waals surface area contributed by atoms with Crippen molar-refractivity contribution in [3.8, 4) is 0 Å². The van der Waals surface area contributed by atoms with Crippen LogP contribution in [0.15, 0.2) is 59.5 Å².